The third kappa shape index (κ3) is 6.67. The van der Waals surface area contributed by atoms with Crippen molar-refractivity contribution in [1.29, 1.82) is 0 Å². The van der Waals surface area contributed by atoms with Crippen molar-refractivity contribution in [2.75, 3.05) is 6.61 Å². The smallest absolute Gasteiger partial charge is 0.282 e. The van der Waals surface area contributed by atoms with Crippen LogP contribution >= 0.6 is 31.9 Å². The zero-order valence-electron chi connectivity index (χ0n) is 21.1. The number of nitrogens with zero attached hydrogens (tertiary/aromatic N) is 3. The maximum Gasteiger partial charge on any atom is 0.282 e. The van der Waals surface area contributed by atoms with Crippen LogP contribution in [0.1, 0.15) is 49.2 Å². The number of rotatable bonds is 10. The molecule has 0 amide bonds. The molecule has 0 N–H and O–H groups in total. The molecule has 0 atom stereocenters. The van der Waals surface area contributed by atoms with Crippen LogP contribution in [0.5, 0.6) is 11.5 Å². The van der Waals surface area contributed by atoms with Crippen molar-refractivity contribution in [1.82, 2.24) is 9.66 Å². The Kier molecular flexibility index (Phi) is 9.16. The molecule has 0 aliphatic carbocycles. The summed E-state index contributed by atoms with van der Waals surface area (Å²) in [6.07, 6.45) is 4.21. The second-order valence-electron chi connectivity index (χ2n) is 8.68. The number of aryl methyl sites for hydroxylation is 2. The molecule has 0 aliphatic heterocycles. The Morgan fingerprint density at radius 1 is 1.00 bits per heavy atom. The lowest BCUT2D eigenvalue weighted by atomic mass is 10.1. The fourth-order valence-electron chi connectivity index (χ4n) is 3.81. The standard InChI is InChI=1S/C29H29Br2N3O3/c1-4-6-7-28-33-25-13-12-22(30)15-23(25)29(35)34(28)32-17-21-14-26(36-5-2)27(16-24(21)31)37-18-20-10-8-19(3)9-11-20/h8-17H,4-7,18H2,1-3H3. The number of unbranched alkanes of at least 4 members (excludes halogenated alkanes) is 1. The average Bonchev–Trinajstić information content (AvgIpc) is 2.89. The van der Waals surface area contributed by atoms with Crippen LogP contribution in [0, 0.1) is 6.92 Å². The van der Waals surface area contributed by atoms with Crippen LogP contribution in [0.4, 0.5) is 0 Å². The number of halogens is 2. The van der Waals surface area contributed by atoms with Gasteiger partial charge in [0.1, 0.15) is 12.4 Å². The van der Waals surface area contributed by atoms with Gasteiger partial charge in [-0.1, -0.05) is 59.1 Å². The third-order valence-corrected chi connectivity index (χ3v) is 7.00. The van der Waals surface area contributed by atoms with Gasteiger partial charge >= 0.3 is 0 Å². The summed E-state index contributed by atoms with van der Waals surface area (Å²) >= 11 is 7.08. The van der Waals surface area contributed by atoms with Crippen LogP contribution in [0.2, 0.25) is 0 Å². The molecular formula is C29H29Br2N3O3. The van der Waals surface area contributed by atoms with Crippen molar-refractivity contribution in [3.05, 3.63) is 96.4 Å². The molecule has 0 unspecified atom stereocenters. The molecule has 37 heavy (non-hydrogen) atoms. The first-order valence-corrected chi connectivity index (χ1v) is 13.9. The summed E-state index contributed by atoms with van der Waals surface area (Å²) in [5, 5.41) is 5.09. The molecule has 3 aromatic carbocycles. The van der Waals surface area contributed by atoms with Gasteiger partial charge in [0.05, 0.1) is 23.7 Å². The lowest BCUT2D eigenvalue weighted by Gasteiger charge is -2.14. The molecule has 0 saturated heterocycles. The van der Waals surface area contributed by atoms with Gasteiger partial charge in [-0.2, -0.15) is 9.78 Å². The number of hydrogen-bond acceptors (Lipinski definition) is 5. The Labute approximate surface area is 233 Å². The Bertz CT molecular complexity index is 1480. The van der Waals surface area contributed by atoms with Crippen LogP contribution in [-0.4, -0.2) is 22.5 Å². The summed E-state index contributed by atoms with van der Waals surface area (Å²) in [7, 11) is 0. The molecule has 6 nitrogen and oxygen atoms in total. The van der Waals surface area contributed by atoms with Gasteiger partial charge in [-0.15, -0.1) is 0 Å². The van der Waals surface area contributed by atoms with Gasteiger partial charge in [-0.25, -0.2) is 4.98 Å². The van der Waals surface area contributed by atoms with E-state index in [1.165, 1.54) is 10.2 Å². The van der Waals surface area contributed by atoms with E-state index >= 15 is 0 Å². The van der Waals surface area contributed by atoms with Crippen LogP contribution in [0.25, 0.3) is 10.9 Å². The zero-order valence-corrected chi connectivity index (χ0v) is 24.3. The van der Waals surface area contributed by atoms with E-state index in [0.29, 0.717) is 47.9 Å². The summed E-state index contributed by atoms with van der Waals surface area (Å²) in [6.45, 7) is 7.01. The lowest BCUT2D eigenvalue weighted by Crippen LogP contribution is -2.22. The molecule has 8 heteroatoms. The van der Waals surface area contributed by atoms with Gasteiger partial charge in [0.25, 0.3) is 5.56 Å². The van der Waals surface area contributed by atoms with Gasteiger partial charge in [0.15, 0.2) is 11.5 Å². The van der Waals surface area contributed by atoms with E-state index in [4.69, 9.17) is 14.5 Å². The molecule has 0 fully saturated rings. The molecular weight excluding hydrogens is 598 g/mol. The molecule has 4 rings (SSSR count). The van der Waals surface area contributed by atoms with E-state index in [1.807, 2.05) is 31.2 Å². The first-order valence-electron chi connectivity index (χ1n) is 12.3. The molecule has 0 saturated carbocycles. The normalized spacial score (nSPS) is 11.4. The summed E-state index contributed by atoms with van der Waals surface area (Å²) in [4.78, 5) is 18.1. The van der Waals surface area contributed by atoms with Crippen molar-refractivity contribution < 1.29 is 9.47 Å². The van der Waals surface area contributed by atoms with Crippen LogP contribution in [-0.2, 0) is 13.0 Å². The van der Waals surface area contributed by atoms with Crippen LogP contribution < -0.4 is 15.0 Å². The van der Waals surface area contributed by atoms with E-state index in [-0.39, 0.29) is 5.56 Å². The van der Waals surface area contributed by atoms with E-state index in [9.17, 15) is 4.79 Å². The highest BCUT2D eigenvalue weighted by Gasteiger charge is 2.13. The topological polar surface area (TPSA) is 65.7 Å². The van der Waals surface area contributed by atoms with E-state index in [2.05, 4.69) is 75.1 Å². The van der Waals surface area contributed by atoms with Crippen molar-refractivity contribution in [3.63, 3.8) is 0 Å². The molecule has 0 radical (unpaired) electrons. The predicted octanol–water partition coefficient (Wildman–Crippen LogP) is 7.43. The minimum atomic E-state index is -0.201. The van der Waals surface area contributed by atoms with Gasteiger partial charge in [0, 0.05) is 20.9 Å². The highest BCUT2D eigenvalue weighted by Crippen LogP contribution is 2.34. The summed E-state index contributed by atoms with van der Waals surface area (Å²) in [6, 6.07) is 17.5. The van der Waals surface area contributed by atoms with Gasteiger partial charge in [-0.05, 0) is 72.1 Å². The maximum atomic E-state index is 13.4. The first kappa shape index (κ1) is 27.1. The Balaban J connectivity index is 1.68. The predicted molar refractivity (Wildman–Crippen MR) is 156 cm³/mol. The largest absolute Gasteiger partial charge is 0.490 e. The SMILES string of the molecule is CCCCc1nc2ccc(Br)cc2c(=O)n1N=Cc1cc(OCC)c(OCc2ccc(C)cc2)cc1Br. The zero-order chi connectivity index (χ0) is 26.4. The van der Waals surface area contributed by atoms with E-state index < -0.39 is 0 Å². The quantitative estimate of drug-likeness (QED) is 0.172. The highest BCUT2D eigenvalue weighted by molar-refractivity contribution is 9.10. The van der Waals surface area contributed by atoms with Crippen LogP contribution in [0.15, 0.2) is 73.4 Å². The maximum absolute atomic E-state index is 13.4. The number of hydrogen-bond donors (Lipinski definition) is 0. The number of benzene rings is 3. The summed E-state index contributed by atoms with van der Waals surface area (Å²) in [5.74, 6) is 1.87. The minimum absolute atomic E-state index is 0.201. The first-order chi connectivity index (χ1) is 17.9. The van der Waals surface area contributed by atoms with Gasteiger partial charge < -0.3 is 9.47 Å². The minimum Gasteiger partial charge on any atom is -0.490 e. The molecule has 192 valence electrons. The molecule has 0 bridgehead atoms. The Morgan fingerprint density at radius 3 is 2.49 bits per heavy atom. The summed E-state index contributed by atoms with van der Waals surface area (Å²) in [5.41, 5.74) is 3.50. The Morgan fingerprint density at radius 2 is 1.76 bits per heavy atom. The fraction of sp³-hybridized carbons (Fsp3) is 0.276. The van der Waals surface area contributed by atoms with Gasteiger partial charge in [0.2, 0.25) is 0 Å². The lowest BCUT2D eigenvalue weighted by molar-refractivity contribution is 0.269. The Hall–Kier alpha value is -2.97. The number of ether oxygens (including phenoxy) is 2. The molecule has 4 aromatic rings. The number of fused-ring (bicyclic) bond motifs is 1. The van der Waals surface area contributed by atoms with Crippen molar-refractivity contribution in [2.45, 2.75) is 46.6 Å². The van der Waals surface area contributed by atoms with Crippen molar-refractivity contribution in [3.8, 4) is 11.5 Å². The fourth-order valence-corrected chi connectivity index (χ4v) is 4.59. The van der Waals surface area contributed by atoms with Gasteiger partial charge in [-0.3, -0.25) is 4.79 Å². The monoisotopic (exact) mass is 625 g/mol. The second kappa shape index (κ2) is 12.5. The van der Waals surface area contributed by atoms with Crippen LogP contribution in [0.3, 0.4) is 0 Å². The summed E-state index contributed by atoms with van der Waals surface area (Å²) < 4.78 is 15.0. The average molecular weight is 627 g/mol. The van der Waals surface area contributed by atoms with E-state index in [1.54, 1.807) is 12.3 Å². The molecule has 0 spiro atoms. The van der Waals surface area contributed by atoms with Crippen molar-refractivity contribution >= 4 is 49.0 Å². The highest BCUT2D eigenvalue weighted by atomic mass is 79.9. The third-order valence-electron chi connectivity index (χ3n) is 5.82. The molecule has 1 heterocycles. The second-order valence-corrected chi connectivity index (χ2v) is 10.5. The number of aromatic nitrogens is 2. The molecule has 1 aromatic heterocycles. The molecule has 0 aliphatic rings. The van der Waals surface area contributed by atoms with Crippen molar-refractivity contribution in [2.24, 2.45) is 5.10 Å². The van der Waals surface area contributed by atoms with E-state index in [0.717, 1.165) is 32.9 Å².